The van der Waals surface area contributed by atoms with E-state index in [4.69, 9.17) is 0 Å². The van der Waals surface area contributed by atoms with Crippen LogP contribution in [0.1, 0.15) is 15.9 Å². The molecule has 2 aromatic carbocycles. The van der Waals surface area contributed by atoms with Gasteiger partial charge in [0.15, 0.2) is 0 Å². The highest BCUT2D eigenvalue weighted by molar-refractivity contribution is 6.05. The average Bonchev–Trinajstić information content (AvgIpc) is 3.23. The van der Waals surface area contributed by atoms with Gasteiger partial charge >= 0.3 is 0 Å². The molecule has 0 aliphatic carbocycles. The van der Waals surface area contributed by atoms with Crippen LogP contribution in [0.25, 0.3) is 22.0 Å². The molecule has 2 N–H and O–H groups in total. The molecule has 0 aliphatic rings. The number of benzene rings is 2. The van der Waals surface area contributed by atoms with Gasteiger partial charge in [-0.3, -0.25) is 9.59 Å². The van der Waals surface area contributed by atoms with Crippen molar-refractivity contribution in [3.05, 3.63) is 82.4 Å². The fourth-order valence-corrected chi connectivity index (χ4v) is 3.65. The first-order chi connectivity index (χ1) is 14.4. The van der Waals surface area contributed by atoms with E-state index in [9.17, 15) is 9.59 Å². The Hall–Kier alpha value is -3.80. The van der Waals surface area contributed by atoms with Gasteiger partial charge in [0, 0.05) is 61.4 Å². The Morgan fingerprint density at radius 1 is 1.03 bits per heavy atom. The molecule has 0 bridgehead atoms. The van der Waals surface area contributed by atoms with E-state index < -0.39 is 0 Å². The first kappa shape index (κ1) is 19.5. The molecule has 0 saturated heterocycles. The smallest absolute Gasteiger partial charge is 0.274 e. The molecule has 4 rings (SSSR count). The van der Waals surface area contributed by atoms with Crippen molar-refractivity contribution in [1.82, 2.24) is 9.55 Å². The van der Waals surface area contributed by atoms with Crippen molar-refractivity contribution in [3.63, 3.8) is 0 Å². The zero-order valence-corrected chi connectivity index (χ0v) is 17.5. The SMILES string of the molecule is Cc1c(NC(=O)c2ccc(N(C)C)cc2)cccc1-c1cn(C)c(=O)c2[nH]ccc12. The summed E-state index contributed by atoms with van der Waals surface area (Å²) in [6.45, 7) is 1.98. The zero-order valence-electron chi connectivity index (χ0n) is 17.5. The molecule has 0 atom stereocenters. The number of rotatable bonds is 4. The maximum Gasteiger partial charge on any atom is 0.274 e. The van der Waals surface area contributed by atoms with Gasteiger partial charge in [-0.15, -0.1) is 0 Å². The molecule has 1 amide bonds. The minimum Gasteiger partial charge on any atom is -0.378 e. The number of pyridine rings is 1. The van der Waals surface area contributed by atoms with Crippen molar-refractivity contribution in [2.75, 3.05) is 24.3 Å². The van der Waals surface area contributed by atoms with Gasteiger partial charge in [-0.1, -0.05) is 12.1 Å². The largest absolute Gasteiger partial charge is 0.378 e. The highest BCUT2D eigenvalue weighted by Crippen LogP contribution is 2.32. The fraction of sp³-hybridized carbons (Fsp3) is 0.167. The molecular formula is C24H24N4O2. The van der Waals surface area contributed by atoms with Crippen molar-refractivity contribution >= 4 is 28.2 Å². The minimum atomic E-state index is -0.159. The van der Waals surface area contributed by atoms with E-state index in [1.165, 1.54) is 0 Å². The number of fused-ring (bicyclic) bond motifs is 1. The van der Waals surface area contributed by atoms with Crippen LogP contribution in [0.3, 0.4) is 0 Å². The van der Waals surface area contributed by atoms with Crippen LogP contribution in [0.5, 0.6) is 0 Å². The number of aromatic amines is 1. The standard InChI is InChI=1S/C24H24N4O2/c1-15-18(20-14-28(4)24(30)22-19(20)12-13-25-22)6-5-7-21(15)26-23(29)16-8-10-17(11-9-16)27(2)3/h5-14,25H,1-4H3,(H,26,29). The molecule has 30 heavy (non-hydrogen) atoms. The first-order valence-corrected chi connectivity index (χ1v) is 9.72. The van der Waals surface area contributed by atoms with E-state index in [1.54, 1.807) is 17.8 Å². The zero-order chi connectivity index (χ0) is 21.4. The number of amides is 1. The van der Waals surface area contributed by atoms with Gasteiger partial charge in [-0.05, 0) is 54.4 Å². The number of carbonyl (C=O) groups excluding carboxylic acids is 1. The van der Waals surface area contributed by atoms with Gasteiger partial charge in [0.1, 0.15) is 5.52 Å². The van der Waals surface area contributed by atoms with Crippen LogP contribution in [-0.2, 0) is 7.05 Å². The normalized spacial score (nSPS) is 10.9. The van der Waals surface area contributed by atoms with Crippen molar-refractivity contribution in [2.45, 2.75) is 6.92 Å². The molecule has 0 unspecified atom stereocenters. The molecule has 0 aliphatic heterocycles. The van der Waals surface area contributed by atoms with E-state index in [-0.39, 0.29) is 11.5 Å². The number of nitrogens with zero attached hydrogens (tertiary/aromatic N) is 2. The van der Waals surface area contributed by atoms with Gasteiger partial charge in [0.2, 0.25) is 0 Å². The van der Waals surface area contributed by atoms with Crippen LogP contribution in [0.15, 0.2) is 65.7 Å². The van der Waals surface area contributed by atoms with Crippen LogP contribution in [0.4, 0.5) is 11.4 Å². The van der Waals surface area contributed by atoms with Crippen LogP contribution < -0.4 is 15.8 Å². The summed E-state index contributed by atoms with van der Waals surface area (Å²) in [4.78, 5) is 30.2. The molecule has 4 aromatic rings. The molecule has 0 radical (unpaired) electrons. The second-order valence-electron chi connectivity index (χ2n) is 7.60. The second-order valence-corrected chi connectivity index (χ2v) is 7.60. The van der Waals surface area contributed by atoms with Crippen molar-refractivity contribution in [3.8, 4) is 11.1 Å². The topological polar surface area (TPSA) is 70.1 Å². The van der Waals surface area contributed by atoms with Crippen LogP contribution in [0, 0.1) is 6.92 Å². The molecule has 6 nitrogen and oxygen atoms in total. The Kier molecular flexibility index (Phi) is 4.91. The molecule has 6 heteroatoms. The van der Waals surface area contributed by atoms with Crippen molar-refractivity contribution in [2.24, 2.45) is 7.05 Å². The van der Waals surface area contributed by atoms with E-state index >= 15 is 0 Å². The lowest BCUT2D eigenvalue weighted by molar-refractivity contribution is 0.102. The summed E-state index contributed by atoms with van der Waals surface area (Å²) in [6, 6.07) is 15.2. The highest BCUT2D eigenvalue weighted by atomic mass is 16.1. The summed E-state index contributed by atoms with van der Waals surface area (Å²) >= 11 is 0. The molecule has 2 aromatic heterocycles. The van der Waals surface area contributed by atoms with Gasteiger partial charge in [-0.25, -0.2) is 0 Å². The average molecular weight is 400 g/mol. The predicted octanol–water partition coefficient (Wildman–Crippen LogP) is 4.16. The maximum absolute atomic E-state index is 12.8. The second kappa shape index (κ2) is 7.55. The third kappa shape index (κ3) is 3.37. The van der Waals surface area contributed by atoms with Gasteiger partial charge in [0.25, 0.3) is 11.5 Å². The van der Waals surface area contributed by atoms with E-state index in [0.717, 1.165) is 33.5 Å². The van der Waals surface area contributed by atoms with Crippen LogP contribution in [-0.4, -0.2) is 29.6 Å². The Morgan fingerprint density at radius 2 is 1.77 bits per heavy atom. The molecule has 2 heterocycles. The van der Waals surface area contributed by atoms with Crippen molar-refractivity contribution < 1.29 is 4.79 Å². The number of hydrogen-bond acceptors (Lipinski definition) is 3. The lowest BCUT2D eigenvalue weighted by atomic mass is 9.97. The van der Waals surface area contributed by atoms with E-state index in [0.29, 0.717) is 11.1 Å². The summed E-state index contributed by atoms with van der Waals surface area (Å²) in [7, 11) is 5.67. The number of aryl methyl sites for hydroxylation is 1. The third-order valence-corrected chi connectivity index (χ3v) is 5.41. The van der Waals surface area contributed by atoms with Crippen LogP contribution in [0.2, 0.25) is 0 Å². The van der Waals surface area contributed by atoms with Crippen molar-refractivity contribution in [1.29, 1.82) is 0 Å². The summed E-state index contributed by atoms with van der Waals surface area (Å²) in [5.41, 5.74) is 5.74. The molecule has 0 saturated carbocycles. The van der Waals surface area contributed by atoms with Gasteiger partial charge in [0.05, 0.1) is 0 Å². The third-order valence-electron chi connectivity index (χ3n) is 5.41. The number of hydrogen-bond donors (Lipinski definition) is 2. The van der Waals surface area contributed by atoms with Gasteiger partial charge < -0.3 is 19.8 Å². The predicted molar refractivity (Wildman–Crippen MR) is 122 cm³/mol. The van der Waals surface area contributed by atoms with E-state index in [2.05, 4.69) is 10.3 Å². The number of carbonyl (C=O) groups is 1. The molecule has 152 valence electrons. The Morgan fingerprint density at radius 3 is 2.47 bits per heavy atom. The quantitative estimate of drug-likeness (QED) is 0.540. The Labute approximate surface area is 174 Å². The fourth-order valence-electron chi connectivity index (χ4n) is 3.65. The number of anilines is 2. The summed E-state index contributed by atoms with van der Waals surface area (Å²) in [6.07, 6.45) is 3.61. The maximum atomic E-state index is 12.8. The first-order valence-electron chi connectivity index (χ1n) is 9.72. The minimum absolute atomic E-state index is 0.0676. The van der Waals surface area contributed by atoms with Gasteiger partial charge in [-0.2, -0.15) is 0 Å². The molecular weight excluding hydrogens is 376 g/mol. The number of nitrogens with one attached hydrogen (secondary N) is 2. The Balaban J connectivity index is 1.71. The number of H-pyrrole nitrogens is 1. The number of aromatic nitrogens is 2. The Bertz CT molecular complexity index is 1300. The lowest BCUT2D eigenvalue weighted by Crippen LogP contribution is -2.17. The highest BCUT2D eigenvalue weighted by Gasteiger charge is 2.15. The monoisotopic (exact) mass is 400 g/mol. The summed E-state index contributed by atoms with van der Waals surface area (Å²) < 4.78 is 1.57. The summed E-state index contributed by atoms with van der Waals surface area (Å²) in [5.74, 6) is -0.159. The van der Waals surface area contributed by atoms with Crippen LogP contribution >= 0.6 is 0 Å². The van der Waals surface area contributed by atoms with E-state index in [1.807, 2.05) is 80.6 Å². The summed E-state index contributed by atoms with van der Waals surface area (Å²) in [5, 5.41) is 3.89. The molecule has 0 spiro atoms. The molecule has 0 fully saturated rings. The lowest BCUT2D eigenvalue weighted by Gasteiger charge is -2.15.